The highest BCUT2D eigenvalue weighted by atomic mass is 15.0. The molecule has 2 saturated carbocycles. The van der Waals surface area contributed by atoms with Crippen LogP contribution in [0.3, 0.4) is 0 Å². The van der Waals surface area contributed by atoms with Crippen molar-refractivity contribution in [1.82, 2.24) is 0 Å². The van der Waals surface area contributed by atoms with Crippen molar-refractivity contribution >= 4 is 17.1 Å². The Hall–Kier alpha value is -1.31. The summed E-state index contributed by atoms with van der Waals surface area (Å²) < 4.78 is 0. The zero-order chi connectivity index (χ0) is 13.4. The summed E-state index contributed by atoms with van der Waals surface area (Å²) in [6, 6.07) is 8.63. The van der Waals surface area contributed by atoms with E-state index < -0.39 is 0 Å². The predicted molar refractivity (Wildman–Crippen MR) is 84.9 cm³/mol. The zero-order valence-electron chi connectivity index (χ0n) is 12.2. The summed E-state index contributed by atoms with van der Waals surface area (Å²) >= 11 is 0. The number of fused-ring (bicyclic) bond motifs is 3. The van der Waals surface area contributed by atoms with Crippen LogP contribution in [0.1, 0.15) is 57.8 Å². The van der Waals surface area contributed by atoms with Crippen LogP contribution in [0.15, 0.2) is 29.3 Å². The molecule has 1 N–H and O–H groups in total. The Morgan fingerprint density at radius 1 is 1.00 bits per heavy atom. The molecule has 1 aromatic rings. The van der Waals surface area contributed by atoms with E-state index in [0.29, 0.717) is 11.5 Å². The second-order valence-corrected chi connectivity index (χ2v) is 6.76. The van der Waals surface area contributed by atoms with Crippen molar-refractivity contribution in [2.75, 3.05) is 5.32 Å². The van der Waals surface area contributed by atoms with Crippen LogP contribution in [0, 0.1) is 5.92 Å². The second kappa shape index (κ2) is 4.91. The number of para-hydroxylation sites is 2. The summed E-state index contributed by atoms with van der Waals surface area (Å²) in [6.07, 6.45) is 12.1. The molecule has 3 aliphatic rings. The Kier molecular flexibility index (Phi) is 3.05. The number of nitrogens with zero attached hydrogens (tertiary/aromatic N) is 1. The summed E-state index contributed by atoms with van der Waals surface area (Å²) in [5.41, 5.74) is 4.20. The smallest absolute Gasteiger partial charge is 0.0860 e. The van der Waals surface area contributed by atoms with E-state index in [1.807, 2.05) is 0 Å². The van der Waals surface area contributed by atoms with E-state index in [-0.39, 0.29) is 0 Å². The lowest BCUT2D eigenvalue weighted by atomic mass is 9.66. The van der Waals surface area contributed by atoms with Crippen LogP contribution in [0.5, 0.6) is 0 Å². The molecule has 4 rings (SSSR count). The van der Waals surface area contributed by atoms with Gasteiger partial charge in [-0.25, -0.2) is 0 Å². The molecular weight excluding hydrogens is 244 g/mol. The maximum Gasteiger partial charge on any atom is 0.0860 e. The lowest BCUT2D eigenvalue weighted by Crippen LogP contribution is -2.50. The van der Waals surface area contributed by atoms with Crippen molar-refractivity contribution in [1.29, 1.82) is 0 Å². The van der Waals surface area contributed by atoms with Crippen LogP contribution < -0.4 is 5.32 Å². The average Bonchev–Trinajstić information content (AvgIpc) is 2.63. The monoisotopic (exact) mass is 268 g/mol. The van der Waals surface area contributed by atoms with Gasteiger partial charge in [-0.3, -0.25) is 4.99 Å². The Labute approximate surface area is 121 Å². The maximum absolute atomic E-state index is 5.06. The minimum atomic E-state index is 0.296. The fraction of sp³-hybridized carbons (Fsp3) is 0.611. The first kappa shape index (κ1) is 12.4. The molecule has 2 aliphatic carbocycles. The van der Waals surface area contributed by atoms with E-state index >= 15 is 0 Å². The topological polar surface area (TPSA) is 24.4 Å². The van der Waals surface area contributed by atoms with Gasteiger partial charge in [-0.1, -0.05) is 37.8 Å². The quantitative estimate of drug-likeness (QED) is 0.697. The predicted octanol–water partition coefficient (Wildman–Crippen LogP) is 5.08. The van der Waals surface area contributed by atoms with Crippen LogP contribution in [0.2, 0.25) is 0 Å². The van der Waals surface area contributed by atoms with E-state index in [0.717, 1.165) is 5.69 Å². The van der Waals surface area contributed by atoms with Crippen LogP contribution >= 0.6 is 0 Å². The van der Waals surface area contributed by atoms with Crippen molar-refractivity contribution in [3.8, 4) is 0 Å². The number of hydrogen-bond acceptors (Lipinski definition) is 2. The van der Waals surface area contributed by atoms with Gasteiger partial charge in [0.15, 0.2) is 0 Å². The minimum Gasteiger partial charge on any atom is -0.377 e. The summed E-state index contributed by atoms with van der Waals surface area (Å²) in [5, 5.41) is 3.96. The van der Waals surface area contributed by atoms with Crippen LogP contribution in [-0.4, -0.2) is 11.3 Å². The van der Waals surface area contributed by atoms with E-state index in [9.17, 15) is 0 Å². The summed E-state index contributed by atoms with van der Waals surface area (Å²) in [4.78, 5) is 5.06. The maximum atomic E-state index is 5.06. The number of anilines is 1. The molecule has 1 heterocycles. The van der Waals surface area contributed by atoms with Gasteiger partial charge in [0, 0.05) is 17.2 Å². The van der Waals surface area contributed by atoms with Crippen molar-refractivity contribution < 1.29 is 0 Å². The second-order valence-electron chi connectivity index (χ2n) is 6.76. The first-order valence-corrected chi connectivity index (χ1v) is 8.32. The number of benzene rings is 1. The summed E-state index contributed by atoms with van der Waals surface area (Å²) in [5.74, 6) is 0.670. The minimum absolute atomic E-state index is 0.296. The molecule has 1 atom stereocenters. The van der Waals surface area contributed by atoms with Gasteiger partial charge in [0.2, 0.25) is 0 Å². The molecule has 0 radical (unpaired) electrons. The molecule has 0 aromatic heterocycles. The molecule has 2 nitrogen and oxygen atoms in total. The molecule has 1 unspecified atom stereocenters. The average molecular weight is 268 g/mol. The van der Waals surface area contributed by atoms with E-state index in [2.05, 4.69) is 29.6 Å². The van der Waals surface area contributed by atoms with E-state index in [4.69, 9.17) is 4.99 Å². The third-order valence-electron chi connectivity index (χ3n) is 5.54. The summed E-state index contributed by atoms with van der Waals surface area (Å²) in [6.45, 7) is 0. The van der Waals surface area contributed by atoms with Crippen molar-refractivity contribution in [2.24, 2.45) is 10.9 Å². The third kappa shape index (κ3) is 1.97. The summed E-state index contributed by atoms with van der Waals surface area (Å²) in [7, 11) is 0. The Balaban J connectivity index is 1.82. The number of aliphatic imine (C=N–C) groups is 1. The van der Waals surface area contributed by atoms with Crippen molar-refractivity contribution in [3.63, 3.8) is 0 Å². The Morgan fingerprint density at radius 3 is 2.75 bits per heavy atom. The first-order chi connectivity index (χ1) is 9.87. The molecular formula is C18H24N2. The lowest BCUT2D eigenvalue weighted by molar-refractivity contribution is 0.246. The molecule has 106 valence electrons. The van der Waals surface area contributed by atoms with Crippen LogP contribution in [0.25, 0.3) is 0 Å². The highest BCUT2D eigenvalue weighted by molar-refractivity contribution is 5.94. The van der Waals surface area contributed by atoms with Gasteiger partial charge in [0.1, 0.15) is 0 Å². The van der Waals surface area contributed by atoms with Crippen LogP contribution in [0.4, 0.5) is 11.4 Å². The van der Waals surface area contributed by atoms with Gasteiger partial charge in [0.05, 0.1) is 11.4 Å². The highest BCUT2D eigenvalue weighted by Gasteiger charge is 2.44. The fourth-order valence-electron chi connectivity index (χ4n) is 4.57. The molecule has 2 heteroatoms. The third-order valence-corrected chi connectivity index (χ3v) is 5.54. The zero-order valence-corrected chi connectivity index (χ0v) is 12.2. The first-order valence-electron chi connectivity index (χ1n) is 8.32. The number of hydrogen-bond donors (Lipinski definition) is 1. The molecule has 1 aromatic carbocycles. The SMILES string of the molecule is c1ccc2c(c1)N=C1CCCCC1C1(CCCCC1)N2. The Morgan fingerprint density at radius 2 is 1.85 bits per heavy atom. The van der Waals surface area contributed by atoms with Gasteiger partial charge in [-0.15, -0.1) is 0 Å². The molecule has 0 saturated heterocycles. The molecule has 0 bridgehead atoms. The largest absolute Gasteiger partial charge is 0.377 e. The number of rotatable bonds is 0. The van der Waals surface area contributed by atoms with Gasteiger partial charge in [-0.05, 0) is 44.2 Å². The molecule has 20 heavy (non-hydrogen) atoms. The fourth-order valence-corrected chi connectivity index (χ4v) is 4.57. The van der Waals surface area contributed by atoms with Gasteiger partial charge >= 0.3 is 0 Å². The van der Waals surface area contributed by atoms with E-state index in [1.165, 1.54) is 69.2 Å². The standard InChI is InChI=1S/C18H24N2/c1-6-12-18(13-7-1)14-8-2-3-9-15(14)19-16-10-4-5-11-17(16)20-18/h4-5,10-11,14,20H,1-3,6-9,12-13H2. The molecule has 1 spiro atoms. The normalized spacial score (nSPS) is 27.8. The van der Waals surface area contributed by atoms with Crippen molar-refractivity contribution in [2.45, 2.75) is 63.3 Å². The van der Waals surface area contributed by atoms with Gasteiger partial charge < -0.3 is 5.32 Å². The van der Waals surface area contributed by atoms with Gasteiger partial charge in [0.25, 0.3) is 0 Å². The van der Waals surface area contributed by atoms with Crippen molar-refractivity contribution in [3.05, 3.63) is 24.3 Å². The Bertz CT molecular complexity index is 526. The van der Waals surface area contributed by atoms with Crippen LogP contribution in [-0.2, 0) is 0 Å². The molecule has 1 aliphatic heterocycles. The molecule has 0 amide bonds. The lowest BCUT2D eigenvalue weighted by Gasteiger charge is -2.46. The highest BCUT2D eigenvalue weighted by Crippen LogP contribution is 2.46. The number of nitrogens with one attached hydrogen (secondary N) is 1. The van der Waals surface area contributed by atoms with Gasteiger partial charge in [-0.2, -0.15) is 0 Å². The molecule has 2 fully saturated rings. The van der Waals surface area contributed by atoms with E-state index in [1.54, 1.807) is 0 Å².